The number of fused-ring (bicyclic) bond motifs is 5. The summed E-state index contributed by atoms with van der Waals surface area (Å²) in [5.41, 5.74) is 1.96. The van der Waals surface area contributed by atoms with Crippen molar-refractivity contribution in [3.8, 4) is 0 Å². The highest BCUT2D eigenvalue weighted by molar-refractivity contribution is 7.10. The molecule has 0 N–H and O–H groups in total. The Balaban J connectivity index is 2.00. The highest BCUT2D eigenvalue weighted by Crippen LogP contribution is 2.54. The van der Waals surface area contributed by atoms with Crippen molar-refractivity contribution < 1.29 is 0 Å². The second-order valence-corrected chi connectivity index (χ2v) is 6.46. The molecular formula is C12H17NS. The molecule has 0 radical (unpaired) electrons. The van der Waals surface area contributed by atoms with Crippen LogP contribution in [0.5, 0.6) is 0 Å². The highest BCUT2D eigenvalue weighted by atomic mass is 32.1. The van der Waals surface area contributed by atoms with E-state index in [9.17, 15) is 0 Å². The minimum Gasteiger partial charge on any atom is -0.291 e. The lowest BCUT2D eigenvalue weighted by Gasteiger charge is -2.38. The summed E-state index contributed by atoms with van der Waals surface area (Å²) in [7, 11) is 0. The summed E-state index contributed by atoms with van der Waals surface area (Å²) in [4.78, 5) is 4.35. The number of rotatable bonds is 0. The molecule has 76 valence electrons. The molecule has 0 saturated carbocycles. The lowest BCUT2D eigenvalue weighted by molar-refractivity contribution is 0.116. The van der Waals surface area contributed by atoms with Crippen molar-refractivity contribution in [1.82, 2.24) is 4.90 Å². The van der Waals surface area contributed by atoms with Gasteiger partial charge in [0.05, 0.1) is 0 Å². The molecule has 2 heteroatoms. The maximum Gasteiger partial charge on any atom is 0.0371 e. The zero-order valence-corrected chi connectivity index (χ0v) is 9.90. The molecule has 3 rings (SSSR count). The van der Waals surface area contributed by atoms with Gasteiger partial charge in [-0.1, -0.05) is 0 Å². The first-order valence-electron chi connectivity index (χ1n) is 5.41. The smallest absolute Gasteiger partial charge is 0.0371 e. The molecule has 1 fully saturated rings. The number of likely N-dealkylation sites (tertiary alicyclic amines) is 1. The molecule has 1 aromatic rings. The van der Waals surface area contributed by atoms with E-state index in [2.05, 4.69) is 37.1 Å². The first kappa shape index (κ1) is 8.93. The first-order valence-corrected chi connectivity index (χ1v) is 6.29. The normalized spacial score (nSPS) is 31.1. The van der Waals surface area contributed by atoms with Crippen molar-refractivity contribution in [3.05, 3.63) is 21.9 Å². The third-order valence-corrected chi connectivity index (χ3v) is 4.71. The van der Waals surface area contributed by atoms with Gasteiger partial charge >= 0.3 is 0 Å². The topological polar surface area (TPSA) is 3.24 Å². The van der Waals surface area contributed by atoms with Gasteiger partial charge in [0, 0.05) is 28.9 Å². The van der Waals surface area contributed by atoms with Crippen LogP contribution in [0.25, 0.3) is 0 Å². The summed E-state index contributed by atoms with van der Waals surface area (Å²) in [6.45, 7) is 8.28. The second-order valence-electron chi connectivity index (χ2n) is 5.51. The molecule has 2 atom stereocenters. The van der Waals surface area contributed by atoms with E-state index in [1.165, 1.54) is 13.0 Å². The van der Waals surface area contributed by atoms with Gasteiger partial charge in [0.15, 0.2) is 0 Å². The largest absolute Gasteiger partial charge is 0.291 e. The fourth-order valence-electron chi connectivity index (χ4n) is 3.00. The van der Waals surface area contributed by atoms with Crippen molar-refractivity contribution in [3.63, 3.8) is 0 Å². The van der Waals surface area contributed by atoms with Crippen molar-refractivity contribution in [2.75, 3.05) is 6.54 Å². The molecule has 2 aliphatic rings. The molecule has 2 heterocycles. The number of thiophene rings is 1. The summed E-state index contributed by atoms with van der Waals surface area (Å²) in [5.74, 6) is 0.842. The van der Waals surface area contributed by atoms with Gasteiger partial charge < -0.3 is 0 Å². The number of nitrogens with zero attached hydrogens (tertiary/aromatic N) is 1. The molecule has 2 bridgehead atoms. The second kappa shape index (κ2) is 2.61. The molecule has 1 aromatic heterocycles. The summed E-state index contributed by atoms with van der Waals surface area (Å²) in [6.07, 6.45) is 1.37. The van der Waals surface area contributed by atoms with Crippen molar-refractivity contribution in [2.24, 2.45) is 0 Å². The standard InChI is InChI=1S/C12H17NS/c1-12(2,3)13-7-8-6-10(13)9-4-5-14-11(8)9/h4-5,8,10H,6-7H2,1-3H3. The third-order valence-electron chi connectivity index (χ3n) is 3.62. The Bertz CT molecular complexity index is 361. The van der Waals surface area contributed by atoms with E-state index in [0.717, 1.165) is 12.0 Å². The fraction of sp³-hybridized carbons (Fsp3) is 0.667. The van der Waals surface area contributed by atoms with Gasteiger partial charge in [-0.2, -0.15) is 0 Å². The Morgan fingerprint density at radius 3 is 2.93 bits per heavy atom. The average molecular weight is 207 g/mol. The Morgan fingerprint density at radius 1 is 1.43 bits per heavy atom. The van der Waals surface area contributed by atoms with Crippen LogP contribution in [-0.4, -0.2) is 17.0 Å². The zero-order chi connectivity index (χ0) is 9.92. The number of hydrogen-bond donors (Lipinski definition) is 0. The van der Waals surface area contributed by atoms with Gasteiger partial charge in [-0.25, -0.2) is 0 Å². The molecule has 1 aliphatic heterocycles. The van der Waals surface area contributed by atoms with Crippen LogP contribution in [-0.2, 0) is 0 Å². The van der Waals surface area contributed by atoms with Gasteiger partial charge in [-0.05, 0) is 44.2 Å². The summed E-state index contributed by atoms with van der Waals surface area (Å²) in [5, 5.41) is 2.26. The lowest BCUT2D eigenvalue weighted by Crippen LogP contribution is -2.42. The molecular weight excluding hydrogens is 190 g/mol. The maximum absolute atomic E-state index is 2.67. The molecule has 0 amide bonds. The van der Waals surface area contributed by atoms with Crippen molar-refractivity contribution >= 4 is 11.3 Å². The summed E-state index contributed by atoms with van der Waals surface area (Å²) >= 11 is 1.96. The molecule has 1 aliphatic carbocycles. The van der Waals surface area contributed by atoms with Crippen LogP contribution in [0.4, 0.5) is 0 Å². The molecule has 2 unspecified atom stereocenters. The Hall–Kier alpha value is -0.340. The van der Waals surface area contributed by atoms with Crippen molar-refractivity contribution in [2.45, 2.75) is 44.7 Å². The van der Waals surface area contributed by atoms with E-state index < -0.39 is 0 Å². The van der Waals surface area contributed by atoms with E-state index >= 15 is 0 Å². The predicted molar refractivity (Wildman–Crippen MR) is 60.9 cm³/mol. The maximum atomic E-state index is 2.67. The molecule has 1 saturated heterocycles. The van der Waals surface area contributed by atoms with Crippen LogP contribution < -0.4 is 0 Å². The minimum atomic E-state index is 0.332. The van der Waals surface area contributed by atoms with Gasteiger partial charge in [0.25, 0.3) is 0 Å². The van der Waals surface area contributed by atoms with Crippen LogP contribution in [0.3, 0.4) is 0 Å². The van der Waals surface area contributed by atoms with Crippen LogP contribution in [0.15, 0.2) is 11.4 Å². The monoisotopic (exact) mass is 207 g/mol. The van der Waals surface area contributed by atoms with E-state index in [-0.39, 0.29) is 0 Å². The van der Waals surface area contributed by atoms with Crippen LogP contribution in [0.2, 0.25) is 0 Å². The van der Waals surface area contributed by atoms with Crippen LogP contribution in [0, 0.1) is 0 Å². The average Bonchev–Trinajstić information content (AvgIpc) is 2.74. The first-order chi connectivity index (χ1) is 6.57. The summed E-state index contributed by atoms with van der Waals surface area (Å²) < 4.78 is 0. The summed E-state index contributed by atoms with van der Waals surface area (Å²) in [6, 6.07) is 3.06. The quantitative estimate of drug-likeness (QED) is 0.630. The zero-order valence-electron chi connectivity index (χ0n) is 9.08. The van der Waals surface area contributed by atoms with Gasteiger partial charge in [0.2, 0.25) is 0 Å². The van der Waals surface area contributed by atoms with E-state index in [0.29, 0.717) is 5.54 Å². The van der Waals surface area contributed by atoms with Gasteiger partial charge in [-0.3, -0.25) is 4.90 Å². The highest BCUT2D eigenvalue weighted by Gasteiger charge is 2.46. The SMILES string of the molecule is CC(C)(C)N1CC2CC1c1ccsc12. The lowest BCUT2D eigenvalue weighted by atomic mass is 10.0. The Labute approximate surface area is 89.7 Å². The van der Waals surface area contributed by atoms with Crippen molar-refractivity contribution in [1.29, 1.82) is 0 Å². The van der Waals surface area contributed by atoms with Gasteiger partial charge in [0.1, 0.15) is 0 Å². The van der Waals surface area contributed by atoms with E-state index in [1.54, 1.807) is 10.4 Å². The van der Waals surface area contributed by atoms with Crippen LogP contribution >= 0.6 is 11.3 Å². The van der Waals surface area contributed by atoms with E-state index in [4.69, 9.17) is 0 Å². The Kier molecular flexibility index (Phi) is 1.67. The molecule has 14 heavy (non-hydrogen) atoms. The predicted octanol–water partition coefficient (Wildman–Crippen LogP) is 3.39. The molecule has 0 spiro atoms. The molecule has 0 aromatic carbocycles. The van der Waals surface area contributed by atoms with E-state index in [1.807, 2.05) is 11.3 Å². The minimum absolute atomic E-state index is 0.332. The Morgan fingerprint density at radius 2 is 2.21 bits per heavy atom. The third kappa shape index (κ3) is 1.04. The molecule has 1 nitrogen and oxygen atoms in total. The fourth-order valence-corrected chi connectivity index (χ4v) is 4.06. The van der Waals surface area contributed by atoms with Gasteiger partial charge in [-0.15, -0.1) is 11.3 Å². The number of hydrogen-bond acceptors (Lipinski definition) is 2. The van der Waals surface area contributed by atoms with Crippen LogP contribution in [0.1, 0.15) is 49.6 Å².